The fourth-order valence-electron chi connectivity index (χ4n) is 8.00. The Kier molecular flexibility index (Phi) is 11.1. The maximum atomic E-state index is 15.2. The van der Waals surface area contributed by atoms with E-state index >= 15 is 9.59 Å². The third kappa shape index (κ3) is 7.33. The van der Waals surface area contributed by atoms with Crippen molar-refractivity contribution >= 4 is 11.9 Å². The van der Waals surface area contributed by atoms with Crippen molar-refractivity contribution in [3.63, 3.8) is 0 Å². The van der Waals surface area contributed by atoms with Crippen molar-refractivity contribution in [2.24, 2.45) is 0 Å². The van der Waals surface area contributed by atoms with Crippen molar-refractivity contribution in [1.82, 2.24) is 9.80 Å². The number of unbranched alkanes of at least 4 members (excludes halogenated alkanes) is 1. The zero-order valence-corrected chi connectivity index (χ0v) is 33.7. The Labute approximate surface area is 293 Å². The minimum absolute atomic E-state index is 0.0584. The van der Waals surface area contributed by atoms with Crippen LogP contribution in [0.5, 0.6) is 5.75 Å². The number of ether oxygens (including phenoxy) is 2. The fourth-order valence-corrected chi connectivity index (χ4v) is 8.00. The normalized spacial score (nSPS) is 25.6. The molecule has 2 fully saturated rings. The molecule has 0 amide bonds. The number of piperidine rings is 2. The number of esters is 2. The SMILES string of the molecule is CCCCC(C(=O)OC1CCC(C)(C)N(C)C1(C)C)(C(=O)OC1CCC(C)(C)N(C)C1(C)C)c1cc(C(C)(C)C)c(O)c(C(C)(C)C)c1. The van der Waals surface area contributed by atoms with Gasteiger partial charge in [0.25, 0.3) is 0 Å². The standard InChI is InChI=1S/C41H70N2O5/c1-18-19-22-41(33(45)47-30-20-23-37(8,9)42(16)39(30,12)13,34(46)48-31-21-24-38(10,11)43(17)40(31,14)15)27-25-28(35(2,3)4)32(44)29(26-27)36(5,6)7/h25-26,30-31,44H,18-24H2,1-17H3. The maximum absolute atomic E-state index is 15.2. The van der Waals surface area contributed by atoms with E-state index in [-0.39, 0.29) is 23.2 Å². The highest BCUT2D eigenvalue weighted by Crippen LogP contribution is 2.47. The molecule has 0 bridgehead atoms. The number of phenols is 1. The third-order valence-corrected chi connectivity index (χ3v) is 12.5. The highest BCUT2D eigenvalue weighted by molar-refractivity contribution is 6.06. The molecule has 2 unspecified atom stereocenters. The van der Waals surface area contributed by atoms with Gasteiger partial charge in [-0.15, -0.1) is 0 Å². The van der Waals surface area contributed by atoms with Crippen LogP contribution < -0.4 is 0 Å². The molecule has 3 rings (SSSR count). The Morgan fingerprint density at radius 1 is 0.750 bits per heavy atom. The number of rotatable bonds is 8. The van der Waals surface area contributed by atoms with Crippen LogP contribution in [0.4, 0.5) is 0 Å². The van der Waals surface area contributed by atoms with Gasteiger partial charge in [-0.05, 0) is 141 Å². The van der Waals surface area contributed by atoms with Crippen LogP contribution in [-0.4, -0.2) is 75.3 Å². The number of nitrogens with zero attached hydrogens (tertiary/aromatic N) is 2. The monoisotopic (exact) mass is 671 g/mol. The Morgan fingerprint density at radius 3 is 1.42 bits per heavy atom. The first-order valence-electron chi connectivity index (χ1n) is 18.4. The average molecular weight is 671 g/mol. The van der Waals surface area contributed by atoms with Gasteiger partial charge in [0.15, 0.2) is 5.41 Å². The number of phenolic OH excluding ortho intramolecular Hbond substituents is 1. The van der Waals surface area contributed by atoms with Crippen LogP contribution in [0.2, 0.25) is 0 Å². The zero-order chi connectivity index (χ0) is 37.1. The highest BCUT2D eigenvalue weighted by atomic mass is 16.6. The van der Waals surface area contributed by atoms with Crippen molar-refractivity contribution in [2.45, 2.75) is 199 Å². The number of hydrogen-bond donors (Lipinski definition) is 1. The van der Waals surface area contributed by atoms with Gasteiger partial charge in [0, 0.05) is 11.1 Å². The molecule has 48 heavy (non-hydrogen) atoms. The summed E-state index contributed by atoms with van der Waals surface area (Å²) in [7, 11) is 4.18. The lowest BCUT2D eigenvalue weighted by Crippen LogP contribution is -2.65. The molecule has 0 aliphatic carbocycles. The van der Waals surface area contributed by atoms with Crippen LogP contribution in [0.25, 0.3) is 0 Å². The van der Waals surface area contributed by atoms with Gasteiger partial charge in [-0.1, -0.05) is 61.3 Å². The fraction of sp³-hybridized carbons (Fsp3) is 0.805. The smallest absolute Gasteiger partial charge is 0.328 e. The number of carbonyl (C=O) groups is 2. The van der Waals surface area contributed by atoms with E-state index < -0.39 is 51.5 Å². The average Bonchev–Trinajstić information content (AvgIpc) is 2.94. The van der Waals surface area contributed by atoms with Crippen molar-refractivity contribution in [2.75, 3.05) is 14.1 Å². The molecule has 2 heterocycles. The Hall–Kier alpha value is -2.12. The summed E-state index contributed by atoms with van der Waals surface area (Å²) in [5, 5.41) is 11.7. The molecule has 0 radical (unpaired) electrons. The highest BCUT2D eigenvalue weighted by Gasteiger charge is 2.56. The summed E-state index contributed by atoms with van der Waals surface area (Å²) in [6.45, 7) is 31.7. The molecule has 2 aliphatic heterocycles. The third-order valence-electron chi connectivity index (χ3n) is 12.5. The van der Waals surface area contributed by atoms with Gasteiger partial charge in [0.05, 0.1) is 11.1 Å². The molecule has 274 valence electrons. The van der Waals surface area contributed by atoms with Crippen LogP contribution in [0.1, 0.15) is 165 Å². The van der Waals surface area contributed by atoms with Crippen LogP contribution in [-0.2, 0) is 35.3 Å². The van der Waals surface area contributed by atoms with Crippen LogP contribution in [0.15, 0.2) is 12.1 Å². The summed E-state index contributed by atoms with van der Waals surface area (Å²) >= 11 is 0. The minimum atomic E-state index is -1.72. The topological polar surface area (TPSA) is 79.3 Å². The molecular formula is C41H70N2O5. The summed E-state index contributed by atoms with van der Waals surface area (Å²) < 4.78 is 13.3. The summed E-state index contributed by atoms with van der Waals surface area (Å²) in [4.78, 5) is 35.0. The number of likely N-dealkylation sites (tertiary alicyclic amines) is 2. The molecule has 7 nitrogen and oxygen atoms in total. The van der Waals surface area contributed by atoms with E-state index in [1.807, 2.05) is 53.7 Å². The van der Waals surface area contributed by atoms with Gasteiger partial charge in [-0.2, -0.15) is 0 Å². The second-order valence-corrected chi connectivity index (χ2v) is 19.3. The maximum Gasteiger partial charge on any atom is 0.328 e. The predicted molar refractivity (Wildman–Crippen MR) is 197 cm³/mol. The van der Waals surface area contributed by atoms with E-state index in [0.29, 0.717) is 36.0 Å². The number of likely N-dealkylation sites (N-methyl/N-ethyl adjacent to an activating group) is 2. The quantitative estimate of drug-likeness (QED) is 0.219. The van der Waals surface area contributed by atoms with Crippen molar-refractivity contribution in [1.29, 1.82) is 0 Å². The van der Waals surface area contributed by atoms with E-state index in [0.717, 1.165) is 19.3 Å². The molecule has 1 aromatic rings. The largest absolute Gasteiger partial charge is 0.507 e. The Morgan fingerprint density at radius 2 is 1.10 bits per heavy atom. The van der Waals surface area contributed by atoms with E-state index in [2.05, 4.69) is 86.2 Å². The van der Waals surface area contributed by atoms with E-state index in [4.69, 9.17) is 9.47 Å². The Bertz CT molecular complexity index is 1250. The number of hydrogen-bond acceptors (Lipinski definition) is 7. The molecule has 0 saturated carbocycles. The first-order chi connectivity index (χ1) is 21.6. The van der Waals surface area contributed by atoms with Gasteiger partial charge >= 0.3 is 11.9 Å². The van der Waals surface area contributed by atoms with Crippen LogP contribution >= 0.6 is 0 Å². The van der Waals surface area contributed by atoms with Crippen molar-refractivity contribution in [3.05, 3.63) is 28.8 Å². The lowest BCUT2D eigenvalue weighted by Gasteiger charge is -2.55. The molecular weight excluding hydrogens is 600 g/mol. The first-order valence-corrected chi connectivity index (χ1v) is 18.4. The van der Waals surface area contributed by atoms with Crippen molar-refractivity contribution in [3.8, 4) is 5.75 Å². The second-order valence-electron chi connectivity index (χ2n) is 19.3. The van der Waals surface area contributed by atoms with Gasteiger partial charge in [-0.3, -0.25) is 19.4 Å². The number of aromatic hydroxyl groups is 1. The zero-order valence-electron chi connectivity index (χ0n) is 33.7. The number of benzene rings is 1. The number of carbonyl (C=O) groups excluding carboxylic acids is 2. The molecule has 2 atom stereocenters. The van der Waals surface area contributed by atoms with Gasteiger partial charge in [-0.25, -0.2) is 0 Å². The second kappa shape index (κ2) is 13.2. The molecule has 0 aromatic heterocycles. The summed E-state index contributed by atoms with van der Waals surface area (Å²) in [5.74, 6) is -0.904. The van der Waals surface area contributed by atoms with E-state index in [9.17, 15) is 5.11 Å². The van der Waals surface area contributed by atoms with Gasteiger partial charge < -0.3 is 14.6 Å². The summed E-state index contributed by atoms with van der Waals surface area (Å²) in [5.41, 5.74) is -1.72. The summed E-state index contributed by atoms with van der Waals surface area (Å²) in [6.07, 6.45) is 3.93. The van der Waals surface area contributed by atoms with E-state index in [1.165, 1.54) is 0 Å². The van der Waals surface area contributed by atoms with Crippen LogP contribution in [0.3, 0.4) is 0 Å². The molecule has 2 saturated heterocycles. The minimum Gasteiger partial charge on any atom is -0.507 e. The molecule has 1 aromatic carbocycles. The lowest BCUT2D eigenvalue weighted by molar-refractivity contribution is -0.189. The first kappa shape index (κ1) is 40.3. The molecule has 7 heteroatoms. The summed E-state index contributed by atoms with van der Waals surface area (Å²) in [6, 6.07) is 3.76. The van der Waals surface area contributed by atoms with Crippen molar-refractivity contribution < 1.29 is 24.2 Å². The van der Waals surface area contributed by atoms with Gasteiger partial charge in [0.1, 0.15) is 18.0 Å². The molecule has 0 spiro atoms. The molecule has 2 aliphatic rings. The lowest BCUT2D eigenvalue weighted by atomic mass is 9.70. The molecule has 1 N–H and O–H groups in total. The van der Waals surface area contributed by atoms with E-state index in [1.54, 1.807) is 0 Å². The van der Waals surface area contributed by atoms with Crippen LogP contribution in [0, 0.1) is 0 Å². The predicted octanol–water partition coefficient (Wildman–Crippen LogP) is 8.80. The van der Waals surface area contributed by atoms with Gasteiger partial charge in [0.2, 0.25) is 0 Å². The Balaban J connectivity index is 2.32.